The van der Waals surface area contributed by atoms with Crippen LogP contribution in [0, 0.1) is 0 Å². The smallest absolute Gasteiger partial charge is 0.222 e. The molecule has 0 unspecified atom stereocenters. The third-order valence-electron chi connectivity index (χ3n) is 5.19. The van der Waals surface area contributed by atoms with Gasteiger partial charge in [-0.2, -0.15) is 4.98 Å². The van der Waals surface area contributed by atoms with Gasteiger partial charge < -0.3 is 16.2 Å². The highest BCUT2D eigenvalue weighted by Crippen LogP contribution is 2.36. The zero-order chi connectivity index (χ0) is 17.2. The van der Waals surface area contributed by atoms with Crippen LogP contribution >= 0.6 is 11.3 Å². The second kappa shape index (κ2) is 7.27. The minimum Gasteiger partial charge on any atom is -0.393 e. The van der Waals surface area contributed by atoms with Gasteiger partial charge in [-0.3, -0.25) is 4.90 Å². The molecule has 25 heavy (non-hydrogen) atoms. The lowest BCUT2D eigenvalue weighted by Crippen LogP contribution is -2.38. The van der Waals surface area contributed by atoms with E-state index in [2.05, 4.69) is 37.7 Å². The van der Waals surface area contributed by atoms with Crippen LogP contribution in [0.3, 0.4) is 0 Å². The lowest BCUT2D eigenvalue weighted by Gasteiger charge is -2.33. The predicted molar refractivity (Wildman–Crippen MR) is 101 cm³/mol. The van der Waals surface area contributed by atoms with Gasteiger partial charge in [0.05, 0.1) is 11.8 Å². The fraction of sp³-hybridized carbons (Fsp3) is 0.556. The SMILES string of the molecule is Nc1nc(NC2CCN(Cc3cccs3)CC2)cc(C2CC(O)C2)n1. The molecule has 2 aromatic heterocycles. The molecule has 1 saturated heterocycles. The van der Waals surface area contributed by atoms with Gasteiger partial charge in [-0.15, -0.1) is 11.3 Å². The van der Waals surface area contributed by atoms with Crippen LogP contribution in [0.4, 0.5) is 11.8 Å². The van der Waals surface area contributed by atoms with Gasteiger partial charge >= 0.3 is 0 Å². The van der Waals surface area contributed by atoms with E-state index in [1.54, 1.807) is 0 Å². The number of nitrogens with zero attached hydrogens (tertiary/aromatic N) is 3. The fourth-order valence-electron chi connectivity index (χ4n) is 3.67. The van der Waals surface area contributed by atoms with E-state index in [1.807, 2.05) is 17.4 Å². The van der Waals surface area contributed by atoms with E-state index in [9.17, 15) is 5.11 Å². The number of rotatable bonds is 5. The molecule has 0 spiro atoms. The van der Waals surface area contributed by atoms with Gasteiger partial charge in [0.1, 0.15) is 5.82 Å². The average molecular weight is 359 g/mol. The molecule has 1 aliphatic heterocycles. The maximum atomic E-state index is 9.50. The molecule has 0 aromatic carbocycles. The molecular weight excluding hydrogens is 334 g/mol. The average Bonchev–Trinajstić information content (AvgIpc) is 3.06. The molecule has 7 heteroatoms. The minimum absolute atomic E-state index is 0.190. The van der Waals surface area contributed by atoms with Crippen molar-refractivity contribution in [2.45, 2.75) is 50.3 Å². The molecule has 0 radical (unpaired) electrons. The normalized spacial score (nSPS) is 24.8. The lowest BCUT2D eigenvalue weighted by atomic mass is 9.80. The molecule has 2 aliphatic rings. The third kappa shape index (κ3) is 4.11. The van der Waals surface area contributed by atoms with Crippen LogP contribution in [-0.2, 0) is 6.54 Å². The van der Waals surface area contributed by atoms with Gasteiger partial charge in [-0.1, -0.05) is 6.07 Å². The lowest BCUT2D eigenvalue weighted by molar-refractivity contribution is 0.0732. The first-order chi connectivity index (χ1) is 12.2. The number of aliphatic hydroxyl groups is 1. The van der Waals surface area contributed by atoms with Gasteiger partial charge in [-0.25, -0.2) is 4.98 Å². The Morgan fingerprint density at radius 1 is 1.28 bits per heavy atom. The number of nitrogen functional groups attached to an aromatic ring is 1. The maximum absolute atomic E-state index is 9.50. The Kier molecular flexibility index (Phi) is 4.87. The van der Waals surface area contributed by atoms with Crippen molar-refractivity contribution in [3.63, 3.8) is 0 Å². The fourth-order valence-corrected chi connectivity index (χ4v) is 4.41. The first-order valence-corrected chi connectivity index (χ1v) is 9.87. The molecular formula is C18H25N5OS. The molecule has 0 bridgehead atoms. The predicted octanol–water partition coefficient (Wildman–Crippen LogP) is 2.44. The molecule has 2 fully saturated rings. The molecule has 4 rings (SSSR count). The summed E-state index contributed by atoms with van der Waals surface area (Å²) in [5.41, 5.74) is 6.84. The first-order valence-electron chi connectivity index (χ1n) is 8.99. The Morgan fingerprint density at radius 2 is 2.08 bits per heavy atom. The topological polar surface area (TPSA) is 87.3 Å². The van der Waals surface area contributed by atoms with E-state index in [0.29, 0.717) is 17.9 Å². The summed E-state index contributed by atoms with van der Waals surface area (Å²) in [6, 6.07) is 6.75. The molecule has 0 atom stereocenters. The molecule has 2 aromatic rings. The molecule has 0 amide bonds. The molecule has 3 heterocycles. The van der Waals surface area contributed by atoms with Gasteiger partial charge in [-0.05, 0) is 37.1 Å². The van der Waals surface area contributed by atoms with Crippen LogP contribution in [0.15, 0.2) is 23.6 Å². The third-order valence-corrected chi connectivity index (χ3v) is 6.05. The zero-order valence-electron chi connectivity index (χ0n) is 14.3. The summed E-state index contributed by atoms with van der Waals surface area (Å²) >= 11 is 1.83. The van der Waals surface area contributed by atoms with Crippen molar-refractivity contribution >= 4 is 23.1 Å². The number of likely N-dealkylation sites (tertiary alicyclic amines) is 1. The van der Waals surface area contributed by atoms with Crippen molar-refractivity contribution < 1.29 is 5.11 Å². The monoisotopic (exact) mass is 359 g/mol. The van der Waals surface area contributed by atoms with E-state index in [0.717, 1.165) is 56.8 Å². The molecule has 6 nitrogen and oxygen atoms in total. The highest BCUT2D eigenvalue weighted by molar-refractivity contribution is 7.09. The highest BCUT2D eigenvalue weighted by Gasteiger charge is 2.30. The summed E-state index contributed by atoms with van der Waals surface area (Å²) in [5, 5.41) is 15.2. The summed E-state index contributed by atoms with van der Waals surface area (Å²) in [7, 11) is 0. The Balaban J connectivity index is 1.32. The number of nitrogens with one attached hydrogen (secondary N) is 1. The van der Waals surface area contributed by atoms with Crippen molar-refractivity contribution in [1.82, 2.24) is 14.9 Å². The number of hydrogen-bond donors (Lipinski definition) is 3. The minimum atomic E-state index is -0.190. The van der Waals surface area contributed by atoms with Crippen LogP contribution < -0.4 is 11.1 Å². The van der Waals surface area contributed by atoms with Crippen molar-refractivity contribution in [2.75, 3.05) is 24.1 Å². The van der Waals surface area contributed by atoms with Crippen LogP contribution in [-0.4, -0.2) is 45.2 Å². The van der Waals surface area contributed by atoms with Gasteiger partial charge in [0.15, 0.2) is 0 Å². The van der Waals surface area contributed by atoms with Crippen molar-refractivity contribution in [1.29, 1.82) is 0 Å². The van der Waals surface area contributed by atoms with Gasteiger partial charge in [0.2, 0.25) is 5.95 Å². The highest BCUT2D eigenvalue weighted by atomic mass is 32.1. The summed E-state index contributed by atoms with van der Waals surface area (Å²) < 4.78 is 0. The number of aromatic nitrogens is 2. The summed E-state index contributed by atoms with van der Waals surface area (Å²) in [6.45, 7) is 3.24. The summed E-state index contributed by atoms with van der Waals surface area (Å²) in [4.78, 5) is 12.6. The Hall–Kier alpha value is -1.70. The molecule has 1 saturated carbocycles. The second-order valence-corrected chi connectivity index (χ2v) is 8.16. The van der Waals surface area contributed by atoms with E-state index < -0.39 is 0 Å². The molecule has 4 N–H and O–H groups in total. The zero-order valence-corrected chi connectivity index (χ0v) is 15.1. The number of thiophene rings is 1. The standard InChI is InChI=1S/C18H25N5OS/c19-18-21-16(12-8-14(24)9-12)10-17(22-18)20-13-3-5-23(6-4-13)11-15-2-1-7-25-15/h1-2,7,10,12-14,24H,3-6,8-9,11H2,(H3,19,20,21,22). The van der Waals surface area contributed by atoms with E-state index in [4.69, 9.17) is 5.73 Å². The van der Waals surface area contributed by atoms with E-state index in [1.165, 1.54) is 4.88 Å². The second-order valence-electron chi connectivity index (χ2n) is 7.13. The first kappa shape index (κ1) is 16.8. The van der Waals surface area contributed by atoms with E-state index in [-0.39, 0.29) is 6.10 Å². The van der Waals surface area contributed by atoms with Crippen LogP contribution in [0.2, 0.25) is 0 Å². The van der Waals surface area contributed by atoms with Crippen molar-refractivity contribution in [2.24, 2.45) is 0 Å². The maximum Gasteiger partial charge on any atom is 0.222 e. The summed E-state index contributed by atoms with van der Waals surface area (Å²) in [6.07, 6.45) is 3.57. The van der Waals surface area contributed by atoms with Crippen molar-refractivity contribution in [3.8, 4) is 0 Å². The van der Waals surface area contributed by atoms with Gasteiger partial charge in [0.25, 0.3) is 0 Å². The van der Waals surface area contributed by atoms with Crippen molar-refractivity contribution in [3.05, 3.63) is 34.2 Å². The van der Waals surface area contributed by atoms with Crippen LogP contribution in [0.1, 0.15) is 42.2 Å². The number of hydrogen-bond acceptors (Lipinski definition) is 7. The quantitative estimate of drug-likeness (QED) is 0.760. The van der Waals surface area contributed by atoms with Gasteiger partial charge in [0, 0.05) is 42.5 Å². The largest absolute Gasteiger partial charge is 0.393 e. The van der Waals surface area contributed by atoms with Crippen LogP contribution in [0.5, 0.6) is 0 Å². The Labute approximate surface area is 152 Å². The summed E-state index contributed by atoms with van der Waals surface area (Å²) in [5.74, 6) is 1.45. The molecule has 1 aliphatic carbocycles. The number of anilines is 2. The van der Waals surface area contributed by atoms with Crippen LogP contribution in [0.25, 0.3) is 0 Å². The number of piperidine rings is 1. The van der Waals surface area contributed by atoms with E-state index >= 15 is 0 Å². The Morgan fingerprint density at radius 3 is 2.76 bits per heavy atom. The number of nitrogens with two attached hydrogens (primary N) is 1. The molecule has 134 valence electrons. The number of aliphatic hydroxyl groups excluding tert-OH is 1. The Bertz CT molecular complexity index is 693.